The second-order valence-electron chi connectivity index (χ2n) is 5.32. The van der Waals surface area contributed by atoms with Crippen molar-refractivity contribution in [1.82, 2.24) is 10.3 Å². The third-order valence-electron chi connectivity index (χ3n) is 4.05. The number of benzene rings is 1. The largest absolute Gasteiger partial charge is 0.493 e. The highest BCUT2D eigenvalue weighted by molar-refractivity contribution is 5.49. The quantitative estimate of drug-likeness (QED) is 0.906. The summed E-state index contributed by atoms with van der Waals surface area (Å²) in [6.07, 6.45) is 4.59. The van der Waals surface area contributed by atoms with E-state index in [1.807, 2.05) is 24.4 Å². The van der Waals surface area contributed by atoms with E-state index in [1.54, 1.807) is 6.20 Å². The molecule has 1 aliphatic rings. The number of hydrogen-bond donors (Lipinski definition) is 2. The molecule has 4 nitrogen and oxygen atoms in total. The van der Waals surface area contributed by atoms with Crippen molar-refractivity contribution in [3.8, 4) is 5.75 Å². The van der Waals surface area contributed by atoms with Crippen molar-refractivity contribution < 1.29 is 4.74 Å². The van der Waals surface area contributed by atoms with Crippen molar-refractivity contribution in [2.45, 2.75) is 25.3 Å². The van der Waals surface area contributed by atoms with Crippen LogP contribution in [0.3, 0.4) is 0 Å². The van der Waals surface area contributed by atoms with E-state index >= 15 is 0 Å². The minimum atomic E-state index is 0.161. The number of likely N-dealkylation sites (N-methyl/N-ethyl adjacent to an activating group) is 1. The molecule has 0 radical (unpaired) electrons. The van der Waals surface area contributed by atoms with Crippen LogP contribution in [0.4, 0.5) is 5.69 Å². The molecule has 110 valence electrons. The lowest BCUT2D eigenvalue weighted by Gasteiger charge is -2.33. The highest BCUT2D eigenvalue weighted by atomic mass is 16.5. The summed E-state index contributed by atoms with van der Waals surface area (Å²) in [5.74, 6) is 1.33. The van der Waals surface area contributed by atoms with Gasteiger partial charge >= 0.3 is 0 Å². The maximum Gasteiger partial charge on any atom is 0.122 e. The summed E-state index contributed by atoms with van der Waals surface area (Å²) in [6.45, 7) is 3.74. The SMILES string of the molecule is CCNC(c1cnccc1N)C1CCOc2ccccc21. The van der Waals surface area contributed by atoms with Crippen LogP contribution in [0.5, 0.6) is 5.75 Å². The Kier molecular flexibility index (Phi) is 4.06. The van der Waals surface area contributed by atoms with Crippen LogP contribution in [0.15, 0.2) is 42.7 Å². The van der Waals surface area contributed by atoms with Crippen molar-refractivity contribution in [2.75, 3.05) is 18.9 Å². The Hall–Kier alpha value is -2.07. The molecule has 0 bridgehead atoms. The second kappa shape index (κ2) is 6.14. The Labute approximate surface area is 125 Å². The van der Waals surface area contributed by atoms with Crippen LogP contribution in [0.1, 0.15) is 36.4 Å². The first kappa shape index (κ1) is 13.9. The number of fused-ring (bicyclic) bond motifs is 1. The molecule has 0 saturated heterocycles. The van der Waals surface area contributed by atoms with Gasteiger partial charge in [0.15, 0.2) is 0 Å². The van der Waals surface area contributed by atoms with E-state index < -0.39 is 0 Å². The van der Waals surface area contributed by atoms with E-state index in [1.165, 1.54) is 5.56 Å². The number of ether oxygens (including phenoxy) is 1. The molecule has 0 spiro atoms. The summed E-state index contributed by atoms with van der Waals surface area (Å²) in [6, 6.07) is 10.3. The molecule has 0 saturated carbocycles. The van der Waals surface area contributed by atoms with Gasteiger partial charge in [0.1, 0.15) is 5.75 Å². The summed E-state index contributed by atoms with van der Waals surface area (Å²) in [5.41, 5.74) is 9.28. The van der Waals surface area contributed by atoms with Gasteiger partial charge in [0.2, 0.25) is 0 Å². The number of pyridine rings is 1. The summed E-state index contributed by atoms with van der Waals surface area (Å²) >= 11 is 0. The van der Waals surface area contributed by atoms with Crippen molar-refractivity contribution in [2.24, 2.45) is 0 Å². The van der Waals surface area contributed by atoms with E-state index in [2.05, 4.69) is 29.4 Å². The molecule has 0 fully saturated rings. The fourth-order valence-corrected chi connectivity index (χ4v) is 3.08. The molecule has 1 aliphatic heterocycles. The number of nitrogens with zero attached hydrogens (tertiary/aromatic N) is 1. The Morgan fingerprint density at radius 2 is 2.24 bits per heavy atom. The molecule has 3 N–H and O–H groups in total. The van der Waals surface area contributed by atoms with Gasteiger partial charge in [-0.3, -0.25) is 4.98 Å². The fraction of sp³-hybridized carbons (Fsp3) is 0.353. The van der Waals surface area contributed by atoms with Crippen LogP contribution in [0.2, 0.25) is 0 Å². The van der Waals surface area contributed by atoms with Crippen molar-refractivity contribution in [3.63, 3.8) is 0 Å². The third-order valence-corrected chi connectivity index (χ3v) is 4.05. The van der Waals surface area contributed by atoms with E-state index in [-0.39, 0.29) is 6.04 Å². The van der Waals surface area contributed by atoms with Gasteiger partial charge in [0.05, 0.1) is 6.61 Å². The standard InChI is InChI=1S/C17H21N3O/c1-2-20-17(14-11-19-9-7-15(14)18)13-8-10-21-16-6-4-3-5-12(13)16/h3-7,9,11,13,17,20H,2,8,10H2,1H3,(H2,18,19). The highest BCUT2D eigenvalue weighted by Gasteiger charge is 2.30. The zero-order chi connectivity index (χ0) is 14.7. The lowest BCUT2D eigenvalue weighted by molar-refractivity contribution is 0.246. The Balaban J connectivity index is 2.01. The maximum atomic E-state index is 6.17. The topological polar surface area (TPSA) is 60.2 Å². The van der Waals surface area contributed by atoms with Crippen molar-refractivity contribution in [1.29, 1.82) is 0 Å². The maximum absolute atomic E-state index is 6.17. The van der Waals surface area contributed by atoms with Crippen molar-refractivity contribution in [3.05, 3.63) is 53.9 Å². The third kappa shape index (κ3) is 2.72. The van der Waals surface area contributed by atoms with Crippen LogP contribution in [0, 0.1) is 0 Å². The number of nitrogen functional groups attached to an aromatic ring is 1. The highest BCUT2D eigenvalue weighted by Crippen LogP contribution is 2.42. The Bertz CT molecular complexity index is 614. The van der Waals surface area contributed by atoms with Gasteiger partial charge in [-0.05, 0) is 30.7 Å². The van der Waals surface area contributed by atoms with Crippen LogP contribution in [-0.4, -0.2) is 18.1 Å². The minimum Gasteiger partial charge on any atom is -0.493 e. The first-order valence-electron chi connectivity index (χ1n) is 7.45. The van der Waals surface area contributed by atoms with E-state index in [4.69, 9.17) is 10.5 Å². The molecule has 2 atom stereocenters. The van der Waals surface area contributed by atoms with Gasteiger partial charge in [-0.25, -0.2) is 0 Å². The second-order valence-corrected chi connectivity index (χ2v) is 5.32. The molecule has 1 aromatic heterocycles. The number of para-hydroxylation sites is 1. The normalized spacial score (nSPS) is 18.6. The van der Waals surface area contributed by atoms with Gasteiger partial charge < -0.3 is 15.8 Å². The minimum absolute atomic E-state index is 0.161. The number of aromatic nitrogens is 1. The van der Waals surface area contributed by atoms with Crippen molar-refractivity contribution >= 4 is 5.69 Å². The molecule has 0 amide bonds. The zero-order valence-electron chi connectivity index (χ0n) is 12.3. The smallest absolute Gasteiger partial charge is 0.122 e. The van der Waals surface area contributed by atoms with Gasteiger partial charge in [-0.2, -0.15) is 0 Å². The molecule has 3 rings (SSSR count). The Morgan fingerprint density at radius 1 is 1.38 bits per heavy atom. The van der Waals surface area contributed by atoms with Crippen LogP contribution >= 0.6 is 0 Å². The molecule has 2 aromatic rings. The molecule has 2 unspecified atom stereocenters. The first-order valence-corrected chi connectivity index (χ1v) is 7.45. The summed E-state index contributed by atoms with van der Waals surface area (Å²) in [7, 11) is 0. The van der Waals surface area contributed by atoms with Gasteiger partial charge in [0, 0.05) is 35.6 Å². The lowest BCUT2D eigenvalue weighted by Crippen LogP contribution is -2.31. The van der Waals surface area contributed by atoms with Crippen LogP contribution < -0.4 is 15.8 Å². The van der Waals surface area contributed by atoms with Gasteiger partial charge in [0.25, 0.3) is 0 Å². The Morgan fingerprint density at radius 3 is 3.05 bits per heavy atom. The zero-order valence-corrected chi connectivity index (χ0v) is 12.3. The molecule has 1 aromatic carbocycles. The lowest BCUT2D eigenvalue weighted by atomic mass is 9.83. The molecule has 4 heteroatoms. The summed E-state index contributed by atoms with van der Waals surface area (Å²) in [5, 5.41) is 3.57. The average Bonchev–Trinajstić information content (AvgIpc) is 2.53. The van der Waals surface area contributed by atoms with Crippen LogP contribution in [-0.2, 0) is 0 Å². The fourth-order valence-electron chi connectivity index (χ4n) is 3.08. The van der Waals surface area contributed by atoms with E-state index in [0.717, 1.165) is 36.6 Å². The molecule has 0 aliphatic carbocycles. The van der Waals surface area contributed by atoms with Gasteiger partial charge in [-0.1, -0.05) is 25.1 Å². The van der Waals surface area contributed by atoms with Crippen LogP contribution in [0.25, 0.3) is 0 Å². The molecule has 2 heterocycles. The predicted octanol–water partition coefficient (Wildman–Crippen LogP) is 2.88. The number of rotatable bonds is 4. The monoisotopic (exact) mass is 283 g/mol. The first-order chi connectivity index (χ1) is 10.3. The number of anilines is 1. The van der Waals surface area contributed by atoms with Gasteiger partial charge in [-0.15, -0.1) is 0 Å². The summed E-state index contributed by atoms with van der Waals surface area (Å²) in [4.78, 5) is 4.25. The predicted molar refractivity (Wildman–Crippen MR) is 84.4 cm³/mol. The summed E-state index contributed by atoms with van der Waals surface area (Å²) < 4.78 is 5.77. The molecular weight excluding hydrogens is 262 g/mol. The number of nitrogens with one attached hydrogen (secondary N) is 1. The van der Waals surface area contributed by atoms with E-state index in [0.29, 0.717) is 5.92 Å². The molecular formula is C17H21N3O. The number of nitrogens with two attached hydrogens (primary N) is 1. The molecule has 21 heavy (non-hydrogen) atoms. The van der Waals surface area contributed by atoms with E-state index in [9.17, 15) is 0 Å². The average molecular weight is 283 g/mol. The number of hydrogen-bond acceptors (Lipinski definition) is 4.